The van der Waals surface area contributed by atoms with Crippen LogP contribution >= 0.6 is 0 Å². The average molecular weight is 339 g/mol. The fraction of sp³-hybridized carbons (Fsp3) is 0.300. The number of hydrogen-bond donors (Lipinski definition) is 2. The summed E-state index contributed by atoms with van der Waals surface area (Å²) in [6.07, 6.45) is 1.99. The molecule has 25 heavy (non-hydrogen) atoms. The Bertz CT molecular complexity index is 770. The Kier molecular flexibility index (Phi) is 5.03. The lowest BCUT2D eigenvalue weighted by Crippen LogP contribution is -2.30. The Morgan fingerprint density at radius 1 is 1.08 bits per heavy atom. The minimum absolute atomic E-state index is 0.0326. The van der Waals surface area contributed by atoms with Gasteiger partial charge in [-0.2, -0.15) is 0 Å². The van der Waals surface area contributed by atoms with Crippen molar-refractivity contribution in [2.45, 2.75) is 19.3 Å². The van der Waals surface area contributed by atoms with Crippen LogP contribution in [0.1, 0.15) is 27.9 Å². The molecule has 2 aromatic rings. The number of rotatable bonds is 5. The summed E-state index contributed by atoms with van der Waals surface area (Å²) in [6.45, 7) is 1.43. The maximum Gasteiger partial charge on any atom is 0.335 e. The van der Waals surface area contributed by atoms with E-state index in [-0.39, 0.29) is 23.6 Å². The van der Waals surface area contributed by atoms with Crippen LogP contribution in [0.2, 0.25) is 0 Å². The summed E-state index contributed by atoms with van der Waals surface area (Å²) in [4.78, 5) is 25.2. The van der Waals surface area contributed by atoms with Crippen molar-refractivity contribution in [1.82, 2.24) is 4.90 Å². The molecule has 3 rings (SSSR count). The summed E-state index contributed by atoms with van der Waals surface area (Å²) in [5, 5.41) is 18.7. The molecule has 5 heteroatoms. The molecular weight excluding hydrogens is 318 g/mol. The zero-order valence-electron chi connectivity index (χ0n) is 13.9. The van der Waals surface area contributed by atoms with Crippen molar-refractivity contribution < 1.29 is 19.8 Å². The average Bonchev–Trinajstić information content (AvgIpc) is 3.06. The molecule has 130 valence electrons. The van der Waals surface area contributed by atoms with Gasteiger partial charge in [0.1, 0.15) is 5.75 Å². The maximum absolute atomic E-state index is 12.4. The number of carboxylic acids is 1. The molecule has 1 saturated heterocycles. The van der Waals surface area contributed by atoms with Crippen molar-refractivity contribution in [1.29, 1.82) is 0 Å². The highest BCUT2D eigenvalue weighted by molar-refractivity contribution is 5.87. The summed E-state index contributed by atoms with van der Waals surface area (Å²) in [5.41, 5.74) is 2.03. The number of benzene rings is 2. The number of hydrogen-bond acceptors (Lipinski definition) is 3. The number of aromatic hydroxyl groups is 1. The second kappa shape index (κ2) is 7.38. The monoisotopic (exact) mass is 339 g/mol. The van der Waals surface area contributed by atoms with E-state index in [1.807, 2.05) is 23.1 Å². The fourth-order valence-electron chi connectivity index (χ4n) is 3.28. The second-order valence-electron chi connectivity index (χ2n) is 6.51. The highest BCUT2D eigenvalue weighted by Crippen LogP contribution is 2.23. The Balaban J connectivity index is 1.55. The smallest absolute Gasteiger partial charge is 0.335 e. The number of nitrogens with zero attached hydrogens (tertiary/aromatic N) is 1. The van der Waals surface area contributed by atoms with E-state index in [0.717, 1.165) is 24.9 Å². The summed E-state index contributed by atoms with van der Waals surface area (Å²) in [6, 6.07) is 13.8. The third-order valence-corrected chi connectivity index (χ3v) is 4.70. The van der Waals surface area contributed by atoms with Gasteiger partial charge >= 0.3 is 5.97 Å². The Hall–Kier alpha value is -2.82. The van der Waals surface area contributed by atoms with Crippen molar-refractivity contribution >= 4 is 11.9 Å². The van der Waals surface area contributed by atoms with Crippen LogP contribution in [0.15, 0.2) is 48.5 Å². The molecule has 1 unspecified atom stereocenters. The standard InChI is InChI=1S/C20H21NO4/c22-18-4-2-1-3-17(18)12-19(23)21-10-9-15(13-21)11-14-5-7-16(8-6-14)20(24)25/h1-8,15,22H,9-13H2,(H,24,25). The predicted octanol–water partition coefficient (Wildman–Crippen LogP) is 2.72. The third kappa shape index (κ3) is 4.18. The highest BCUT2D eigenvalue weighted by atomic mass is 16.4. The molecule has 2 aromatic carbocycles. The largest absolute Gasteiger partial charge is 0.508 e. The highest BCUT2D eigenvalue weighted by Gasteiger charge is 2.26. The zero-order chi connectivity index (χ0) is 17.8. The molecule has 0 saturated carbocycles. The molecule has 1 aliphatic rings. The quantitative estimate of drug-likeness (QED) is 0.878. The van der Waals surface area contributed by atoms with Gasteiger partial charge in [-0.15, -0.1) is 0 Å². The van der Waals surface area contributed by atoms with Gasteiger partial charge < -0.3 is 15.1 Å². The molecule has 2 N–H and O–H groups in total. The zero-order valence-corrected chi connectivity index (χ0v) is 13.9. The Labute approximate surface area is 146 Å². The first-order valence-electron chi connectivity index (χ1n) is 8.40. The van der Waals surface area contributed by atoms with Crippen molar-refractivity contribution in [3.63, 3.8) is 0 Å². The van der Waals surface area contributed by atoms with Crippen molar-refractivity contribution in [3.05, 3.63) is 65.2 Å². The molecule has 1 aliphatic heterocycles. The first-order chi connectivity index (χ1) is 12.0. The van der Waals surface area contributed by atoms with Gasteiger partial charge in [0.2, 0.25) is 5.91 Å². The molecule has 1 heterocycles. The van der Waals surface area contributed by atoms with Gasteiger partial charge in [0.05, 0.1) is 12.0 Å². The molecule has 1 atom stereocenters. The lowest BCUT2D eigenvalue weighted by atomic mass is 9.98. The Morgan fingerprint density at radius 2 is 1.80 bits per heavy atom. The van der Waals surface area contributed by atoms with E-state index >= 15 is 0 Å². The van der Waals surface area contributed by atoms with Gasteiger partial charge in [0.15, 0.2) is 0 Å². The minimum Gasteiger partial charge on any atom is -0.508 e. The van der Waals surface area contributed by atoms with Gasteiger partial charge in [-0.05, 0) is 42.5 Å². The van der Waals surface area contributed by atoms with Gasteiger partial charge in [0, 0.05) is 18.7 Å². The number of phenols is 1. The lowest BCUT2D eigenvalue weighted by molar-refractivity contribution is -0.129. The van der Waals surface area contributed by atoms with Crippen molar-refractivity contribution in [3.8, 4) is 5.75 Å². The van der Waals surface area contributed by atoms with E-state index in [9.17, 15) is 14.7 Å². The molecule has 0 bridgehead atoms. The molecule has 1 fully saturated rings. The number of amides is 1. The molecule has 0 radical (unpaired) electrons. The normalized spacial score (nSPS) is 16.8. The van der Waals surface area contributed by atoms with E-state index in [2.05, 4.69) is 0 Å². The molecule has 1 amide bonds. The van der Waals surface area contributed by atoms with Crippen LogP contribution in [0, 0.1) is 5.92 Å². The number of carbonyl (C=O) groups excluding carboxylic acids is 1. The van der Waals surface area contributed by atoms with Crippen molar-refractivity contribution in [2.75, 3.05) is 13.1 Å². The van der Waals surface area contributed by atoms with Gasteiger partial charge in [-0.1, -0.05) is 30.3 Å². The van der Waals surface area contributed by atoms with E-state index in [0.29, 0.717) is 18.0 Å². The number of carbonyl (C=O) groups is 2. The molecule has 5 nitrogen and oxygen atoms in total. The van der Waals surface area contributed by atoms with Crippen LogP contribution in [0.4, 0.5) is 0 Å². The van der Waals surface area contributed by atoms with Crippen LogP contribution in [-0.4, -0.2) is 40.1 Å². The van der Waals surface area contributed by atoms with Crippen LogP contribution in [0.3, 0.4) is 0 Å². The van der Waals surface area contributed by atoms with E-state index < -0.39 is 5.97 Å². The van der Waals surface area contributed by atoms with Crippen LogP contribution in [0.5, 0.6) is 5.75 Å². The number of para-hydroxylation sites is 1. The van der Waals surface area contributed by atoms with Gasteiger partial charge in [-0.25, -0.2) is 4.79 Å². The van der Waals surface area contributed by atoms with Crippen molar-refractivity contribution in [2.24, 2.45) is 5.92 Å². The fourth-order valence-corrected chi connectivity index (χ4v) is 3.28. The minimum atomic E-state index is -0.923. The topological polar surface area (TPSA) is 77.8 Å². The maximum atomic E-state index is 12.4. The predicted molar refractivity (Wildman–Crippen MR) is 93.6 cm³/mol. The first kappa shape index (κ1) is 17.0. The summed E-state index contributed by atoms with van der Waals surface area (Å²) in [7, 11) is 0. The number of aromatic carboxylic acids is 1. The van der Waals surface area contributed by atoms with E-state index in [1.165, 1.54) is 0 Å². The van der Waals surface area contributed by atoms with Crippen LogP contribution in [0.25, 0.3) is 0 Å². The number of phenolic OH excluding ortho intramolecular Hbond substituents is 1. The SMILES string of the molecule is O=C(O)c1ccc(CC2CCN(C(=O)Cc3ccccc3O)C2)cc1. The van der Waals surface area contributed by atoms with Crippen LogP contribution in [-0.2, 0) is 17.6 Å². The van der Waals surface area contributed by atoms with Gasteiger partial charge in [0.25, 0.3) is 0 Å². The van der Waals surface area contributed by atoms with E-state index in [1.54, 1.807) is 30.3 Å². The molecule has 0 aromatic heterocycles. The lowest BCUT2D eigenvalue weighted by Gasteiger charge is -2.17. The van der Waals surface area contributed by atoms with E-state index in [4.69, 9.17) is 5.11 Å². The van der Waals surface area contributed by atoms with Crippen LogP contribution < -0.4 is 0 Å². The summed E-state index contributed by atoms with van der Waals surface area (Å²) < 4.78 is 0. The van der Waals surface area contributed by atoms with Gasteiger partial charge in [-0.3, -0.25) is 4.79 Å². The molecule has 0 spiro atoms. The summed E-state index contributed by atoms with van der Waals surface area (Å²) >= 11 is 0. The first-order valence-corrected chi connectivity index (χ1v) is 8.40. The second-order valence-corrected chi connectivity index (χ2v) is 6.51. The number of carboxylic acid groups (broad SMARTS) is 1. The Morgan fingerprint density at radius 3 is 2.48 bits per heavy atom. The number of likely N-dealkylation sites (tertiary alicyclic amines) is 1. The summed E-state index contributed by atoms with van der Waals surface area (Å²) in [5.74, 6) is -0.354. The molecular formula is C20H21NO4. The third-order valence-electron chi connectivity index (χ3n) is 4.70. The molecule has 0 aliphatic carbocycles.